The molecule has 0 radical (unpaired) electrons. The first-order chi connectivity index (χ1) is 9.41. The third-order valence-corrected chi connectivity index (χ3v) is 4.94. The van der Waals surface area contributed by atoms with Crippen LogP contribution in [0.15, 0.2) is 0 Å². The highest BCUT2D eigenvalue weighted by atomic mass is 16.5. The zero-order valence-electron chi connectivity index (χ0n) is 12.7. The topological polar surface area (TPSA) is 75.8 Å². The fourth-order valence-corrected chi connectivity index (χ4v) is 3.32. The SMILES string of the molecule is CC1CCC(C(=O)N(C)CC2(O)CCOCC2)CC1N. The molecule has 1 heterocycles. The molecule has 0 aromatic carbocycles. The minimum atomic E-state index is -0.785. The van der Waals surface area contributed by atoms with Crippen molar-refractivity contribution < 1.29 is 14.6 Å². The summed E-state index contributed by atoms with van der Waals surface area (Å²) in [6.07, 6.45) is 3.91. The van der Waals surface area contributed by atoms with Crippen LogP contribution < -0.4 is 5.73 Å². The Morgan fingerprint density at radius 1 is 1.40 bits per heavy atom. The monoisotopic (exact) mass is 284 g/mol. The highest BCUT2D eigenvalue weighted by Gasteiger charge is 2.36. The molecule has 5 nitrogen and oxygen atoms in total. The lowest BCUT2D eigenvalue weighted by Gasteiger charge is -2.38. The number of amides is 1. The first-order valence-corrected chi connectivity index (χ1v) is 7.72. The molecule has 5 heteroatoms. The Kier molecular flexibility index (Phi) is 5.04. The number of nitrogens with two attached hydrogens (primary N) is 1. The van der Waals surface area contributed by atoms with Gasteiger partial charge in [0.25, 0.3) is 0 Å². The minimum absolute atomic E-state index is 0.0228. The van der Waals surface area contributed by atoms with Gasteiger partial charge in [0.05, 0.1) is 5.60 Å². The lowest BCUT2D eigenvalue weighted by molar-refractivity contribution is -0.142. The molecule has 0 spiro atoms. The van der Waals surface area contributed by atoms with Gasteiger partial charge in [-0.05, 0) is 25.2 Å². The van der Waals surface area contributed by atoms with Gasteiger partial charge in [-0.25, -0.2) is 0 Å². The molecule has 0 aromatic heterocycles. The second-order valence-electron chi connectivity index (χ2n) is 6.68. The Labute approximate surface area is 121 Å². The van der Waals surface area contributed by atoms with Crippen LogP contribution in [0.1, 0.15) is 39.0 Å². The van der Waals surface area contributed by atoms with E-state index >= 15 is 0 Å². The number of aliphatic hydroxyl groups is 1. The smallest absolute Gasteiger partial charge is 0.225 e. The number of hydrogen-bond donors (Lipinski definition) is 2. The molecule has 1 aliphatic heterocycles. The predicted molar refractivity (Wildman–Crippen MR) is 77.1 cm³/mol. The maximum absolute atomic E-state index is 12.5. The van der Waals surface area contributed by atoms with Crippen LogP contribution in [0.5, 0.6) is 0 Å². The van der Waals surface area contributed by atoms with E-state index in [4.69, 9.17) is 10.5 Å². The highest BCUT2D eigenvalue weighted by molar-refractivity contribution is 5.78. The molecule has 0 aromatic rings. The van der Waals surface area contributed by atoms with Crippen molar-refractivity contribution in [1.29, 1.82) is 0 Å². The fraction of sp³-hybridized carbons (Fsp3) is 0.933. The van der Waals surface area contributed by atoms with Crippen molar-refractivity contribution in [2.24, 2.45) is 17.6 Å². The van der Waals surface area contributed by atoms with Crippen LogP contribution in [0, 0.1) is 11.8 Å². The van der Waals surface area contributed by atoms with E-state index in [1.54, 1.807) is 11.9 Å². The van der Waals surface area contributed by atoms with E-state index in [0.29, 0.717) is 38.5 Å². The summed E-state index contributed by atoms with van der Waals surface area (Å²) in [6, 6.07) is 0.122. The van der Waals surface area contributed by atoms with Crippen LogP contribution in [0.3, 0.4) is 0 Å². The largest absolute Gasteiger partial charge is 0.388 e. The van der Waals surface area contributed by atoms with Crippen LogP contribution in [-0.2, 0) is 9.53 Å². The number of likely N-dealkylation sites (N-methyl/N-ethyl adjacent to an activating group) is 1. The van der Waals surface area contributed by atoms with Crippen molar-refractivity contribution in [2.45, 2.75) is 50.7 Å². The van der Waals surface area contributed by atoms with E-state index in [0.717, 1.165) is 19.3 Å². The van der Waals surface area contributed by atoms with Crippen LogP contribution in [-0.4, -0.2) is 54.4 Å². The van der Waals surface area contributed by atoms with Gasteiger partial charge in [0.2, 0.25) is 5.91 Å². The second kappa shape index (κ2) is 6.41. The summed E-state index contributed by atoms with van der Waals surface area (Å²) < 4.78 is 5.27. The first kappa shape index (κ1) is 15.7. The Balaban J connectivity index is 1.88. The molecule has 2 rings (SSSR count). The quantitative estimate of drug-likeness (QED) is 0.802. The molecule has 3 atom stereocenters. The van der Waals surface area contributed by atoms with Crippen LogP contribution in [0.25, 0.3) is 0 Å². The van der Waals surface area contributed by atoms with Crippen molar-refractivity contribution in [3.63, 3.8) is 0 Å². The Morgan fingerprint density at radius 3 is 2.65 bits per heavy atom. The zero-order valence-corrected chi connectivity index (χ0v) is 12.7. The van der Waals surface area contributed by atoms with Crippen molar-refractivity contribution in [1.82, 2.24) is 4.90 Å². The Morgan fingerprint density at radius 2 is 2.05 bits per heavy atom. The molecular weight excluding hydrogens is 256 g/mol. The molecule has 0 bridgehead atoms. The Hall–Kier alpha value is -0.650. The third kappa shape index (κ3) is 3.71. The number of rotatable bonds is 3. The zero-order chi connectivity index (χ0) is 14.8. The van der Waals surface area contributed by atoms with E-state index in [-0.39, 0.29) is 17.9 Å². The first-order valence-electron chi connectivity index (χ1n) is 7.72. The number of carbonyl (C=O) groups excluding carboxylic acids is 1. The van der Waals surface area contributed by atoms with Gasteiger partial charge in [-0.15, -0.1) is 0 Å². The van der Waals surface area contributed by atoms with Crippen molar-refractivity contribution in [3.8, 4) is 0 Å². The standard InChI is InChI=1S/C15H28N2O3/c1-11-3-4-12(9-13(11)16)14(18)17(2)10-15(19)5-7-20-8-6-15/h11-13,19H,3-10,16H2,1-2H3. The summed E-state index contributed by atoms with van der Waals surface area (Å²) in [7, 11) is 1.79. The summed E-state index contributed by atoms with van der Waals surface area (Å²) in [6.45, 7) is 3.70. The lowest BCUT2D eigenvalue weighted by atomic mass is 9.79. The van der Waals surface area contributed by atoms with Gasteiger partial charge in [-0.3, -0.25) is 4.79 Å². The summed E-state index contributed by atoms with van der Waals surface area (Å²) in [5, 5.41) is 10.5. The average Bonchev–Trinajstić information content (AvgIpc) is 2.41. The molecule has 3 unspecified atom stereocenters. The van der Waals surface area contributed by atoms with Gasteiger partial charge in [0, 0.05) is 51.6 Å². The number of hydrogen-bond acceptors (Lipinski definition) is 4. The van der Waals surface area contributed by atoms with Crippen LogP contribution >= 0.6 is 0 Å². The molecule has 1 saturated carbocycles. The molecule has 1 amide bonds. The maximum Gasteiger partial charge on any atom is 0.225 e. The highest BCUT2D eigenvalue weighted by Crippen LogP contribution is 2.30. The number of ether oxygens (including phenoxy) is 1. The lowest BCUT2D eigenvalue weighted by Crippen LogP contribution is -2.50. The van der Waals surface area contributed by atoms with E-state index in [9.17, 15) is 9.90 Å². The summed E-state index contributed by atoms with van der Waals surface area (Å²) in [5.41, 5.74) is 5.30. The molecule has 2 fully saturated rings. The van der Waals surface area contributed by atoms with Crippen molar-refractivity contribution >= 4 is 5.91 Å². The molecule has 3 N–H and O–H groups in total. The molecule has 2 aliphatic rings. The third-order valence-electron chi connectivity index (χ3n) is 4.94. The number of nitrogens with zero attached hydrogens (tertiary/aromatic N) is 1. The predicted octanol–water partition coefficient (Wildman–Crippen LogP) is 0.750. The molecular formula is C15H28N2O3. The van der Waals surface area contributed by atoms with Crippen LogP contribution in [0.2, 0.25) is 0 Å². The van der Waals surface area contributed by atoms with Gasteiger partial charge in [0.15, 0.2) is 0 Å². The molecule has 1 aliphatic carbocycles. The second-order valence-corrected chi connectivity index (χ2v) is 6.68. The molecule has 116 valence electrons. The summed E-state index contributed by atoms with van der Waals surface area (Å²) in [5.74, 6) is 0.658. The minimum Gasteiger partial charge on any atom is -0.388 e. The van der Waals surface area contributed by atoms with Gasteiger partial charge < -0.3 is 20.5 Å². The molecule has 1 saturated heterocycles. The average molecular weight is 284 g/mol. The van der Waals surface area contributed by atoms with E-state index < -0.39 is 5.60 Å². The van der Waals surface area contributed by atoms with Crippen molar-refractivity contribution in [3.05, 3.63) is 0 Å². The normalized spacial score (nSPS) is 33.7. The van der Waals surface area contributed by atoms with E-state index in [1.165, 1.54) is 0 Å². The van der Waals surface area contributed by atoms with Gasteiger partial charge in [-0.2, -0.15) is 0 Å². The van der Waals surface area contributed by atoms with Gasteiger partial charge in [-0.1, -0.05) is 6.92 Å². The molecule has 20 heavy (non-hydrogen) atoms. The van der Waals surface area contributed by atoms with Crippen molar-refractivity contribution in [2.75, 3.05) is 26.8 Å². The summed E-state index contributed by atoms with van der Waals surface area (Å²) in [4.78, 5) is 14.2. The Bertz CT molecular complexity index is 342. The fourth-order valence-electron chi connectivity index (χ4n) is 3.32. The summed E-state index contributed by atoms with van der Waals surface area (Å²) >= 11 is 0. The van der Waals surface area contributed by atoms with Gasteiger partial charge in [0.1, 0.15) is 0 Å². The van der Waals surface area contributed by atoms with E-state index in [1.807, 2.05) is 0 Å². The van der Waals surface area contributed by atoms with Gasteiger partial charge >= 0.3 is 0 Å². The maximum atomic E-state index is 12.5. The number of carbonyl (C=O) groups is 1. The van der Waals surface area contributed by atoms with E-state index in [2.05, 4.69) is 6.92 Å². The van der Waals surface area contributed by atoms with Crippen LogP contribution in [0.4, 0.5) is 0 Å².